The van der Waals surface area contributed by atoms with Crippen molar-refractivity contribution < 1.29 is 0 Å². The third-order valence-corrected chi connectivity index (χ3v) is 4.21. The van der Waals surface area contributed by atoms with Crippen molar-refractivity contribution in [1.82, 2.24) is 10.3 Å². The van der Waals surface area contributed by atoms with Crippen LogP contribution < -0.4 is 5.32 Å². The largest absolute Gasteiger partial charge is 0.319 e. The van der Waals surface area contributed by atoms with Gasteiger partial charge in [0, 0.05) is 12.4 Å². The van der Waals surface area contributed by atoms with Crippen LogP contribution in [0.15, 0.2) is 18.5 Å². The normalized spacial score (nSPS) is 24.8. The summed E-state index contributed by atoms with van der Waals surface area (Å²) in [5.74, 6) is 1.58. The second-order valence-corrected chi connectivity index (χ2v) is 5.44. The molecule has 3 heteroatoms. The van der Waals surface area contributed by atoms with E-state index in [0.29, 0.717) is 0 Å². The van der Waals surface area contributed by atoms with Crippen molar-refractivity contribution in [1.29, 1.82) is 0 Å². The minimum Gasteiger partial charge on any atom is -0.319 e. The van der Waals surface area contributed by atoms with Gasteiger partial charge in [-0.25, -0.2) is 0 Å². The van der Waals surface area contributed by atoms with Gasteiger partial charge in [-0.2, -0.15) is 0 Å². The molecule has 1 fully saturated rings. The lowest BCUT2D eigenvalue weighted by Crippen LogP contribution is -2.30. The van der Waals surface area contributed by atoms with E-state index >= 15 is 0 Å². The molecule has 0 aliphatic heterocycles. The number of hydrogen-bond donors (Lipinski definition) is 1. The van der Waals surface area contributed by atoms with Crippen LogP contribution in [0, 0.1) is 11.8 Å². The van der Waals surface area contributed by atoms with E-state index in [1.54, 1.807) is 6.20 Å². The summed E-state index contributed by atoms with van der Waals surface area (Å²) in [6.45, 7) is 1.13. The summed E-state index contributed by atoms with van der Waals surface area (Å²) in [5.41, 5.74) is 1.26. The van der Waals surface area contributed by atoms with Crippen LogP contribution in [0.2, 0.25) is 5.02 Å². The number of halogens is 1. The summed E-state index contributed by atoms with van der Waals surface area (Å²) >= 11 is 6.19. The van der Waals surface area contributed by atoms with E-state index in [4.69, 9.17) is 11.6 Å². The molecule has 0 aromatic carbocycles. The van der Waals surface area contributed by atoms with Crippen LogP contribution in [-0.2, 0) is 6.42 Å². The van der Waals surface area contributed by atoms with Gasteiger partial charge in [-0.3, -0.25) is 4.98 Å². The lowest BCUT2D eigenvalue weighted by Gasteiger charge is -2.31. The van der Waals surface area contributed by atoms with E-state index in [1.165, 1.54) is 31.2 Å². The van der Waals surface area contributed by atoms with Gasteiger partial charge in [0.1, 0.15) is 0 Å². The summed E-state index contributed by atoms with van der Waals surface area (Å²) in [6, 6.07) is 2.06. The topological polar surface area (TPSA) is 24.9 Å². The molecule has 1 heterocycles. The lowest BCUT2D eigenvalue weighted by atomic mass is 9.76. The van der Waals surface area contributed by atoms with Crippen molar-refractivity contribution in [2.45, 2.75) is 32.1 Å². The summed E-state index contributed by atoms with van der Waals surface area (Å²) < 4.78 is 0. The highest BCUT2D eigenvalue weighted by Gasteiger charge is 2.25. The van der Waals surface area contributed by atoms with Crippen molar-refractivity contribution >= 4 is 11.6 Å². The van der Waals surface area contributed by atoms with Gasteiger partial charge >= 0.3 is 0 Å². The zero-order valence-corrected chi connectivity index (χ0v) is 11.2. The number of aromatic nitrogens is 1. The first-order chi connectivity index (χ1) is 8.31. The Kier molecular flexibility index (Phi) is 4.81. The number of rotatable bonds is 4. The van der Waals surface area contributed by atoms with Crippen molar-refractivity contribution in [3.8, 4) is 0 Å². The van der Waals surface area contributed by atoms with Crippen LogP contribution in [0.5, 0.6) is 0 Å². The Morgan fingerprint density at radius 2 is 2.12 bits per heavy atom. The maximum absolute atomic E-state index is 6.19. The quantitative estimate of drug-likeness (QED) is 0.890. The Morgan fingerprint density at radius 3 is 2.82 bits per heavy atom. The molecule has 17 heavy (non-hydrogen) atoms. The molecule has 1 aromatic rings. The molecule has 1 aliphatic carbocycles. The zero-order chi connectivity index (χ0) is 12.1. The number of pyridine rings is 1. The monoisotopic (exact) mass is 252 g/mol. The zero-order valence-electron chi connectivity index (χ0n) is 10.5. The molecule has 0 bridgehead atoms. The van der Waals surface area contributed by atoms with Gasteiger partial charge in [0.25, 0.3) is 0 Å². The lowest BCUT2D eigenvalue weighted by molar-refractivity contribution is 0.232. The van der Waals surface area contributed by atoms with Crippen molar-refractivity contribution in [3.63, 3.8) is 0 Å². The predicted octanol–water partition coefficient (Wildman–Crippen LogP) is 3.30. The highest BCUT2D eigenvalue weighted by Crippen LogP contribution is 2.33. The molecular formula is C14H21ClN2. The minimum absolute atomic E-state index is 0.774. The summed E-state index contributed by atoms with van der Waals surface area (Å²) in [7, 11) is 2.05. The smallest absolute Gasteiger partial charge is 0.0621 e. The van der Waals surface area contributed by atoms with E-state index in [2.05, 4.69) is 16.4 Å². The second kappa shape index (κ2) is 6.36. The summed E-state index contributed by atoms with van der Waals surface area (Å²) in [6.07, 6.45) is 10.2. The van der Waals surface area contributed by atoms with Gasteiger partial charge in [0.2, 0.25) is 0 Å². The highest BCUT2D eigenvalue weighted by atomic mass is 35.5. The Balaban J connectivity index is 2.03. The number of nitrogens with zero attached hydrogens (tertiary/aromatic N) is 1. The highest BCUT2D eigenvalue weighted by molar-refractivity contribution is 6.31. The van der Waals surface area contributed by atoms with Gasteiger partial charge in [0.15, 0.2) is 0 Å². The van der Waals surface area contributed by atoms with Gasteiger partial charge in [-0.05, 0) is 56.3 Å². The van der Waals surface area contributed by atoms with Crippen LogP contribution in [-0.4, -0.2) is 18.6 Å². The second-order valence-electron chi connectivity index (χ2n) is 5.03. The first kappa shape index (κ1) is 12.8. The van der Waals surface area contributed by atoms with Crippen LogP contribution in [0.25, 0.3) is 0 Å². The third-order valence-electron chi connectivity index (χ3n) is 3.87. The molecule has 1 aromatic heterocycles. The Hall–Kier alpha value is -0.600. The van der Waals surface area contributed by atoms with Crippen molar-refractivity contribution in [2.24, 2.45) is 11.8 Å². The molecule has 2 unspecified atom stereocenters. The molecule has 0 spiro atoms. The fourth-order valence-corrected chi connectivity index (χ4v) is 3.13. The van der Waals surface area contributed by atoms with Crippen LogP contribution in [0.4, 0.5) is 0 Å². The molecule has 1 N–H and O–H groups in total. The van der Waals surface area contributed by atoms with Crippen molar-refractivity contribution in [3.05, 3.63) is 29.0 Å². The molecule has 94 valence electrons. The molecule has 1 saturated carbocycles. The molecule has 2 rings (SSSR count). The van der Waals surface area contributed by atoms with Gasteiger partial charge in [-0.15, -0.1) is 0 Å². The summed E-state index contributed by atoms with van der Waals surface area (Å²) in [5, 5.41) is 4.14. The van der Waals surface area contributed by atoms with E-state index in [9.17, 15) is 0 Å². The van der Waals surface area contributed by atoms with Gasteiger partial charge in [-0.1, -0.05) is 24.4 Å². The molecule has 0 saturated heterocycles. The SMILES string of the molecule is CNCC1CCCCC1Cc1ccncc1Cl. The average Bonchev–Trinajstić information content (AvgIpc) is 2.35. The predicted molar refractivity (Wildman–Crippen MR) is 72.3 cm³/mol. The number of nitrogens with one attached hydrogen (secondary N) is 1. The van der Waals surface area contributed by atoms with Crippen LogP contribution in [0.1, 0.15) is 31.2 Å². The van der Waals surface area contributed by atoms with Crippen LogP contribution >= 0.6 is 11.6 Å². The van der Waals surface area contributed by atoms with E-state index in [0.717, 1.165) is 29.8 Å². The van der Waals surface area contributed by atoms with Crippen molar-refractivity contribution in [2.75, 3.05) is 13.6 Å². The summed E-state index contributed by atoms with van der Waals surface area (Å²) in [4.78, 5) is 4.05. The maximum Gasteiger partial charge on any atom is 0.0621 e. The Labute approximate surface area is 109 Å². The molecule has 0 amide bonds. The van der Waals surface area contributed by atoms with E-state index in [-0.39, 0.29) is 0 Å². The molecular weight excluding hydrogens is 232 g/mol. The van der Waals surface area contributed by atoms with E-state index < -0.39 is 0 Å². The van der Waals surface area contributed by atoms with Crippen LogP contribution in [0.3, 0.4) is 0 Å². The molecule has 2 atom stereocenters. The third kappa shape index (κ3) is 3.43. The molecule has 1 aliphatic rings. The van der Waals surface area contributed by atoms with E-state index in [1.807, 2.05) is 13.2 Å². The number of hydrogen-bond acceptors (Lipinski definition) is 2. The van der Waals surface area contributed by atoms with Gasteiger partial charge in [0.05, 0.1) is 5.02 Å². The standard InChI is InChI=1S/C14H21ClN2/c1-16-9-13-5-3-2-4-11(13)8-12-6-7-17-10-14(12)15/h6-7,10-11,13,16H,2-5,8-9H2,1H3. The molecule has 0 radical (unpaired) electrons. The fourth-order valence-electron chi connectivity index (χ4n) is 2.94. The Morgan fingerprint density at radius 1 is 1.35 bits per heavy atom. The minimum atomic E-state index is 0.774. The fraction of sp³-hybridized carbons (Fsp3) is 0.643. The molecule has 2 nitrogen and oxygen atoms in total. The Bertz CT molecular complexity index is 352. The maximum atomic E-state index is 6.19. The first-order valence-electron chi connectivity index (χ1n) is 6.54. The average molecular weight is 253 g/mol. The first-order valence-corrected chi connectivity index (χ1v) is 6.92. The van der Waals surface area contributed by atoms with Gasteiger partial charge < -0.3 is 5.32 Å².